The third-order valence-electron chi connectivity index (χ3n) is 9.28. The van der Waals surface area contributed by atoms with Gasteiger partial charge in [0.2, 0.25) is 0 Å². The quantitative estimate of drug-likeness (QED) is 0.122. The number of carbonyl (C=O) groups excluding carboxylic acids is 6. The molecule has 21 nitrogen and oxygen atoms in total. The number of aliphatic hydroxyl groups is 2. The number of aliphatic hydroxyl groups excluding tert-OH is 1. The van der Waals surface area contributed by atoms with Crippen LogP contribution in [0, 0.1) is 0 Å². The summed E-state index contributed by atoms with van der Waals surface area (Å²) in [5, 5.41) is 18.3. The molecule has 75 heavy (non-hydrogen) atoms. The summed E-state index contributed by atoms with van der Waals surface area (Å²) in [6, 6.07) is 0. The van der Waals surface area contributed by atoms with Gasteiger partial charge in [0.25, 0.3) is 0 Å². The zero-order chi connectivity index (χ0) is 55.5. The second-order valence-corrected chi connectivity index (χ2v) is 23.2. The van der Waals surface area contributed by atoms with E-state index in [-0.39, 0.29) is 139 Å². The van der Waals surface area contributed by atoms with Gasteiger partial charge < -0.3 is 75.3 Å². The summed E-state index contributed by atoms with van der Waals surface area (Å²) in [7, 11) is 0. The number of hydrogen-bond acceptors (Lipinski definition) is 17. The van der Waals surface area contributed by atoms with Gasteiger partial charge in [-0.2, -0.15) is 0 Å². The van der Waals surface area contributed by atoms with Gasteiger partial charge in [-0.25, -0.2) is 24.0 Å². The van der Waals surface area contributed by atoms with Crippen molar-refractivity contribution in [2.45, 2.75) is 190 Å². The Hall–Kier alpha value is -1.64. The summed E-state index contributed by atoms with van der Waals surface area (Å²) in [4.78, 5) is 73.9. The first-order chi connectivity index (χ1) is 32.2. The monoisotopic (exact) mass is 1160 g/mol. The van der Waals surface area contributed by atoms with Crippen molar-refractivity contribution in [1.29, 1.82) is 0 Å². The first-order valence-corrected chi connectivity index (χ1v) is 25.3. The molecule has 4 heterocycles. The average Bonchev–Trinajstić information content (AvgIpc) is 3.15. The van der Waals surface area contributed by atoms with Gasteiger partial charge in [-0.1, -0.05) is 30.3 Å². The van der Waals surface area contributed by atoms with Crippen LogP contribution in [0.5, 0.6) is 0 Å². The normalized spacial score (nSPS) is 17.0. The SMILES string of the molecule is C.CC(C)(C)OC(=O)N1CC(C)(OCCO)C1.CC1(O)CN(C(=O)OC(C)(C)C)C1.CCCOC1(C)CN(C(=O)OC(C)(C)C)C1.CCOC(=O)CBr.CCOC(=O)COC1(C)CN(C(=O)OC(C)(C)C)C1.[B].[H-].[H-].[Na+].[Na+]. The number of alkyl halides is 1. The minimum absolute atomic E-state index is 0. The second-order valence-electron chi connectivity index (χ2n) is 22.6. The smallest absolute Gasteiger partial charge is 1.00 e. The molecule has 4 amide bonds. The van der Waals surface area contributed by atoms with Crippen LogP contribution in [-0.4, -0.2) is 217 Å². The molecule has 4 rings (SSSR count). The van der Waals surface area contributed by atoms with Crippen LogP contribution < -0.4 is 59.1 Å². The molecule has 4 fully saturated rings. The fourth-order valence-corrected chi connectivity index (χ4v) is 6.59. The Labute approximate surface area is 507 Å². The fourth-order valence-electron chi connectivity index (χ4n) is 6.43. The largest absolute Gasteiger partial charge is 1.00 e. The van der Waals surface area contributed by atoms with E-state index in [4.69, 9.17) is 43.0 Å². The molecular formula is C50H97BBrN4Na2O17. The zero-order valence-electron chi connectivity index (χ0n) is 51.1. The molecule has 3 radical (unpaired) electrons. The summed E-state index contributed by atoms with van der Waals surface area (Å²) < 4.78 is 46.7. The van der Waals surface area contributed by atoms with Crippen LogP contribution in [0.4, 0.5) is 19.2 Å². The standard InChI is InChI=1S/C13H23NO5.C12H23NO3.C11H21NO4.C9H17NO3.C4H7BrO2.CH4.B.2Na.2H/c1-6-17-10(15)7-18-13(5)8-14(9-13)11(16)19-12(2,3)4;1-6-7-15-12(5)8-13(9-12)10(14)16-11(2,3)4;1-10(2,3)16-9(14)12-7-11(4,8-12)15-6-5-13;1-8(2,3)13-7(11)10-5-9(4,12)6-10;1-2-7-4(6)3-5;;;;;;/h6-9H2,1-5H3;6-9H2,1-5H3;13H,5-8H2,1-4H3;12H,5-6H2,1-4H3;2-3H2,1H3;1H4;;;;;/q;;;;;;;2*+1;2*-1. The van der Waals surface area contributed by atoms with Crippen molar-refractivity contribution < 1.29 is 144 Å². The van der Waals surface area contributed by atoms with Crippen molar-refractivity contribution in [2.24, 2.45) is 0 Å². The number of esters is 2. The predicted octanol–water partition coefficient (Wildman–Crippen LogP) is 1.42. The molecule has 2 N–H and O–H groups in total. The van der Waals surface area contributed by atoms with Gasteiger partial charge in [-0.3, -0.25) is 4.79 Å². The molecule has 0 unspecified atom stereocenters. The van der Waals surface area contributed by atoms with Crippen molar-refractivity contribution in [3.8, 4) is 0 Å². The molecule has 431 valence electrons. The van der Waals surface area contributed by atoms with Crippen LogP contribution in [-0.2, 0) is 52.2 Å². The van der Waals surface area contributed by atoms with Crippen LogP contribution in [0.25, 0.3) is 0 Å². The summed E-state index contributed by atoms with van der Waals surface area (Å²) >= 11 is 2.94. The Morgan fingerprint density at radius 1 is 0.507 bits per heavy atom. The summed E-state index contributed by atoms with van der Waals surface area (Å²) in [5.74, 6) is -0.595. The number of ether oxygens (including phenoxy) is 9. The van der Waals surface area contributed by atoms with Gasteiger partial charge in [-0.15, -0.1) is 0 Å². The summed E-state index contributed by atoms with van der Waals surface area (Å²) in [5.41, 5.74) is -3.58. The predicted molar refractivity (Wildman–Crippen MR) is 284 cm³/mol. The van der Waals surface area contributed by atoms with Gasteiger partial charge in [0.05, 0.1) is 84.4 Å². The Morgan fingerprint density at radius 2 is 0.773 bits per heavy atom. The molecule has 4 saturated heterocycles. The van der Waals surface area contributed by atoms with Crippen LogP contribution in [0.2, 0.25) is 0 Å². The molecule has 0 bridgehead atoms. The van der Waals surface area contributed by atoms with E-state index in [0.29, 0.717) is 77.5 Å². The minimum Gasteiger partial charge on any atom is -1.00 e. The maximum Gasteiger partial charge on any atom is 1.00 e. The van der Waals surface area contributed by atoms with Crippen molar-refractivity contribution in [3.63, 3.8) is 0 Å². The first kappa shape index (κ1) is 82.2. The van der Waals surface area contributed by atoms with E-state index >= 15 is 0 Å². The van der Waals surface area contributed by atoms with Crippen molar-refractivity contribution in [3.05, 3.63) is 0 Å². The van der Waals surface area contributed by atoms with Crippen molar-refractivity contribution in [1.82, 2.24) is 19.6 Å². The topological polar surface area (TPSA) is 239 Å². The first-order valence-electron chi connectivity index (χ1n) is 24.2. The Bertz CT molecular complexity index is 1640. The van der Waals surface area contributed by atoms with Crippen LogP contribution in [0.15, 0.2) is 0 Å². The van der Waals surface area contributed by atoms with E-state index in [1.165, 1.54) is 4.90 Å². The molecule has 0 atom stereocenters. The third kappa shape index (κ3) is 37.0. The molecule has 0 aromatic heterocycles. The fraction of sp³-hybridized carbons (Fsp3) is 0.880. The third-order valence-corrected chi connectivity index (χ3v) is 9.73. The van der Waals surface area contributed by atoms with Crippen LogP contribution in [0.1, 0.15) is 148 Å². The molecule has 0 aliphatic carbocycles. The zero-order valence-corrected chi connectivity index (χ0v) is 54.7. The number of hydrogen-bond donors (Lipinski definition) is 2. The maximum atomic E-state index is 11.7. The summed E-state index contributed by atoms with van der Waals surface area (Å²) in [6.45, 7) is 40.8. The van der Waals surface area contributed by atoms with Gasteiger partial charge in [0, 0.05) is 15.0 Å². The van der Waals surface area contributed by atoms with Gasteiger partial charge in [0.1, 0.15) is 51.1 Å². The number of β-amino-alcohol motifs (C(OH)–C–C–N with tert-alkyl or cyclic N) is 1. The number of rotatable bonds is 12. The average molecular weight is 1160 g/mol. The molecule has 0 spiro atoms. The maximum absolute atomic E-state index is 11.7. The van der Waals surface area contributed by atoms with Gasteiger partial charge in [-0.05, 0) is 131 Å². The Morgan fingerprint density at radius 3 is 1.00 bits per heavy atom. The van der Waals surface area contributed by atoms with Gasteiger partial charge in [0.15, 0.2) is 0 Å². The number of nitrogens with zero attached hydrogens (tertiary/aromatic N) is 4. The number of likely N-dealkylation sites (tertiary alicyclic amines) is 4. The molecule has 0 saturated carbocycles. The summed E-state index contributed by atoms with van der Waals surface area (Å²) in [6.07, 6.45) is -0.256. The second kappa shape index (κ2) is 35.9. The molecule has 25 heteroatoms. The molecule has 4 aliphatic heterocycles. The molecule has 0 aromatic carbocycles. The number of halogens is 1. The van der Waals surface area contributed by atoms with E-state index in [2.05, 4.69) is 27.6 Å². The van der Waals surface area contributed by atoms with E-state index in [1.807, 2.05) is 104 Å². The van der Waals surface area contributed by atoms with Crippen LogP contribution in [0.3, 0.4) is 0 Å². The van der Waals surface area contributed by atoms with E-state index in [1.54, 1.807) is 35.5 Å². The van der Waals surface area contributed by atoms with Crippen molar-refractivity contribution in [2.75, 3.05) is 97.3 Å². The Kier molecular flexibility index (Phi) is 39.3. The van der Waals surface area contributed by atoms with Gasteiger partial charge >= 0.3 is 95.4 Å². The van der Waals surface area contributed by atoms with E-state index in [9.17, 15) is 33.9 Å². The Balaban J connectivity index is -0.000000160. The van der Waals surface area contributed by atoms with Crippen molar-refractivity contribution >= 4 is 60.7 Å². The molecule has 4 aliphatic rings. The molecule has 0 aromatic rings. The van der Waals surface area contributed by atoms with E-state index < -0.39 is 33.6 Å². The number of amides is 4. The molecular weight excluding hydrogens is 1070 g/mol. The van der Waals surface area contributed by atoms with E-state index in [0.717, 1.165) is 13.0 Å². The minimum atomic E-state index is -0.725. The van der Waals surface area contributed by atoms with Crippen LogP contribution >= 0.6 is 15.9 Å². The number of carbonyl (C=O) groups is 6.